The second kappa shape index (κ2) is 5.98. The number of hydrogen-bond acceptors (Lipinski definition) is 1. The van der Waals surface area contributed by atoms with Crippen molar-refractivity contribution in [2.45, 2.75) is 19.4 Å². The molecule has 1 nitrogen and oxygen atoms in total. The number of benzene rings is 4. The van der Waals surface area contributed by atoms with Gasteiger partial charge in [0.1, 0.15) is 0 Å². The molecular weight excluding hydrogens is 372 g/mol. The van der Waals surface area contributed by atoms with Crippen LogP contribution < -0.4 is 0 Å². The van der Waals surface area contributed by atoms with Gasteiger partial charge in [-0.25, -0.2) is 0 Å². The fourth-order valence-electron chi connectivity index (χ4n) is 3.65. The summed E-state index contributed by atoms with van der Waals surface area (Å²) in [6.07, 6.45) is 0. The van der Waals surface area contributed by atoms with Gasteiger partial charge in [0.15, 0.2) is 0 Å². The van der Waals surface area contributed by atoms with E-state index in [1.54, 1.807) is 0 Å². The molecule has 4 rings (SSSR count). The summed E-state index contributed by atoms with van der Waals surface area (Å²) in [4.78, 5) is 0. The van der Waals surface area contributed by atoms with E-state index in [2.05, 4.69) is 76.6 Å². The Morgan fingerprint density at radius 2 is 1.36 bits per heavy atom. The van der Waals surface area contributed by atoms with E-state index in [1.807, 2.05) is 26.0 Å². The Morgan fingerprint density at radius 3 is 2.08 bits per heavy atom. The van der Waals surface area contributed by atoms with Gasteiger partial charge in [0, 0.05) is 10.0 Å². The lowest BCUT2D eigenvalue weighted by atomic mass is 9.86. The Hall–Kier alpha value is -2.16. The Labute approximate surface area is 156 Å². The van der Waals surface area contributed by atoms with Crippen molar-refractivity contribution in [3.8, 4) is 11.1 Å². The highest BCUT2D eigenvalue weighted by atomic mass is 79.9. The van der Waals surface area contributed by atoms with E-state index in [4.69, 9.17) is 0 Å². The maximum Gasteiger partial charge on any atom is 0.0857 e. The first-order valence-electron chi connectivity index (χ1n) is 8.39. The predicted molar refractivity (Wildman–Crippen MR) is 110 cm³/mol. The molecular formula is C23H19BrO. The first-order valence-corrected chi connectivity index (χ1v) is 9.18. The summed E-state index contributed by atoms with van der Waals surface area (Å²) in [7, 11) is 0. The van der Waals surface area contributed by atoms with Crippen LogP contribution in [0.3, 0.4) is 0 Å². The molecule has 0 unspecified atom stereocenters. The maximum absolute atomic E-state index is 10.8. The van der Waals surface area contributed by atoms with Gasteiger partial charge in [-0.1, -0.05) is 76.6 Å². The van der Waals surface area contributed by atoms with Crippen LogP contribution in [0.2, 0.25) is 0 Å². The van der Waals surface area contributed by atoms with Gasteiger partial charge in [-0.05, 0) is 58.7 Å². The molecule has 0 amide bonds. The van der Waals surface area contributed by atoms with Crippen LogP contribution in [0, 0.1) is 0 Å². The minimum Gasteiger partial charge on any atom is -0.386 e. The Kier molecular flexibility index (Phi) is 3.90. The second-order valence-corrected chi connectivity index (χ2v) is 7.77. The van der Waals surface area contributed by atoms with Gasteiger partial charge >= 0.3 is 0 Å². The van der Waals surface area contributed by atoms with Gasteiger partial charge < -0.3 is 5.11 Å². The topological polar surface area (TPSA) is 20.2 Å². The normalized spacial score (nSPS) is 12.0. The molecule has 0 fully saturated rings. The lowest BCUT2D eigenvalue weighted by Gasteiger charge is -2.24. The minimum absolute atomic E-state index is 0.912. The lowest BCUT2D eigenvalue weighted by Crippen LogP contribution is -2.17. The van der Waals surface area contributed by atoms with E-state index < -0.39 is 5.60 Å². The third-order valence-corrected chi connectivity index (χ3v) is 5.34. The first-order chi connectivity index (χ1) is 12.0. The maximum atomic E-state index is 10.8. The summed E-state index contributed by atoms with van der Waals surface area (Å²) in [6.45, 7) is 3.67. The largest absolute Gasteiger partial charge is 0.386 e. The van der Waals surface area contributed by atoms with Crippen molar-refractivity contribution in [3.63, 3.8) is 0 Å². The summed E-state index contributed by atoms with van der Waals surface area (Å²) >= 11 is 3.63. The molecule has 2 heteroatoms. The van der Waals surface area contributed by atoms with Crippen LogP contribution in [0.4, 0.5) is 0 Å². The molecule has 1 N–H and O–H groups in total. The van der Waals surface area contributed by atoms with Gasteiger partial charge in [0.2, 0.25) is 0 Å². The van der Waals surface area contributed by atoms with Crippen LogP contribution in [-0.4, -0.2) is 5.11 Å². The third kappa shape index (κ3) is 2.76. The Bertz CT molecular complexity index is 1090. The molecule has 0 radical (unpaired) electrons. The van der Waals surface area contributed by atoms with Crippen LogP contribution in [0.1, 0.15) is 19.4 Å². The average molecular weight is 391 g/mol. The van der Waals surface area contributed by atoms with Crippen LogP contribution >= 0.6 is 15.9 Å². The quantitative estimate of drug-likeness (QED) is 0.379. The standard InChI is InChI=1S/C23H19BrO/c1-23(2,25)22-19(12-7-13-21(22)24)20-14-15-8-3-4-9-16(15)17-10-5-6-11-18(17)20/h3-14,25H,1-2H3. The highest BCUT2D eigenvalue weighted by Crippen LogP contribution is 2.41. The van der Waals surface area contributed by atoms with Crippen molar-refractivity contribution >= 4 is 37.5 Å². The summed E-state index contributed by atoms with van der Waals surface area (Å²) < 4.78 is 0.926. The molecule has 0 bridgehead atoms. The summed E-state index contributed by atoms with van der Waals surface area (Å²) in [5, 5.41) is 15.7. The lowest BCUT2D eigenvalue weighted by molar-refractivity contribution is 0.0784. The number of fused-ring (bicyclic) bond motifs is 3. The summed E-state index contributed by atoms with van der Waals surface area (Å²) in [5.74, 6) is 0. The second-order valence-electron chi connectivity index (χ2n) is 6.91. The van der Waals surface area contributed by atoms with E-state index >= 15 is 0 Å². The molecule has 0 aliphatic carbocycles. The van der Waals surface area contributed by atoms with Crippen LogP contribution in [-0.2, 0) is 5.60 Å². The minimum atomic E-state index is -0.942. The van der Waals surface area contributed by atoms with E-state index in [9.17, 15) is 5.11 Å². The summed E-state index contributed by atoms with van der Waals surface area (Å²) in [5.41, 5.74) is 2.18. The van der Waals surface area contributed by atoms with E-state index in [-0.39, 0.29) is 0 Å². The molecule has 0 saturated carbocycles. The molecule has 124 valence electrons. The number of hydrogen-bond donors (Lipinski definition) is 1. The average Bonchev–Trinajstić information content (AvgIpc) is 2.60. The number of aliphatic hydroxyl groups is 1. The van der Waals surface area contributed by atoms with Crippen molar-refractivity contribution in [1.29, 1.82) is 0 Å². The molecule has 0 atom stereocenters. The fraction of sp³-hybridized carbons (Fsp3) is 0.130. The molecule has 0 saturated heterocycles. The zero-order valence-corrected chi connectivity index (χ0v) is 15.8. The third-order valence-electron chi connectivity index (χ3n) is 4.68. The zero-order valence-electron chi connectivity index (χ0n) is 14.3. The van der Waals surface area contributed by atoms with E-state index in [1.165, 1.54) is 21.5 Å². The van der Waals surface area contributed by atoms with Crippen molar-refractivity contribution in [1.82, 2.24) is 0 Å². The van der Waals surface area contributed by atoms with Crippen molar-refractivity contribution in [3.05, 3.63) is 82.8 Å². The number of rotatable bonds is 2. The Morgan fingerprint density at radius 1 is 0.720 bits per heavy atom. The molecule has 4 aromatic carbocycles. The molecule has 0 heterocycles. The van der Waals surface area contributed by atoms with Crippen LogP contribution in [0.5, 0.6) is 0 Å². The predicted octanol–water partition coefficient (Wildman–Crippen LogP) is 6.65. The Balaban J connectivity index is 2.17. The van der Waals surface area contributed by atoms with E-state index in [0.29, 0.717) is 0 Å². The van der Waals surface area contributed by atoms with E-state index in [0.717, 1.165) is 21.2 Å². The fourth-order valence-corrected chi connectivity index (χ4v) is 4.50. The monoisotopic (exact) mass is 390 g/mol. The molecule has 0 aliphatic heterocycles. The van der Waals surface area contributed by atoms with Crippen LogP contribution in [0.15, 0.2) is 77.3 Å². The molecule has 0 aromatic heterocycles. The van der Waals surface area contributed by atoms with Gasteiger partial charge in [-0.3, -0.25) is 0 Å². The highest BCUT2D eigenvalue weighted by Gasteiger charge is 2.24. The highest BCUT2D eigenvalue weighted by molar-refractivity contribution is 9.10. The molecule has 4 aromatic rings. The van der Waals surface area contributed by atoms with Gasteiger partial charge in [0.25, 0.3) is 0 Å². The first kappa shape index (κ1) is 16.3. The van der Waals surface area contributed by atoms with Gasteiger partial charge in [0.05, 0.1) is 5.60 Å². The molecule has 0 aliphatic rings. The summed E-state index contributed by atoms with van der Waals surface area (Å²) in [6, 6.07) is 25.3. The van der Waals surface area contributed by atoms with Gasteiger partial charge in [-0.15, -0.1) is 0 Å². The van der Waals surface area contributed by atoms with Crippen molar-refractivity contribution in [2.24, 2.45) is 0 Å². The zero-order chi connectivity index (χ0) is 17.6. The van der Waals surface area contributed by atoms with Crippen molar-refractivity contribution < 1.29 is 5.11 Å². The van der Waals surface area contributed by atoms with Crippen molar-refractivity contribution in [2.75, 3.05) is 0 Å². The smallest absolute Gasteiger partial charge is 0.0857 e. The SMILES string of the molecule is CC(C)(O)c1c(Br)cccc1-c1cc2ccccc2c2ccccc12. The van der Waals surface area contributed by atoms with Gasteiger partial charge in [-0.2, -0.15) is 0 Å². The van der Waals surface area contributed by atoms with Crippen LogP contribution in [0.25, 0.3) is 32.7 Å². The molecule has 25 heavy (non-hydrogen) atoms. The molecule has 0 spiro atoms. The number of halogens is 1.